The van der Waals surface area contributed by atoms with E-state index in [4.69, 9.17) is 4.74 Å². The summed E-state index contributed by atoms with van der Waals surface area (Å²) in [7, 11) is 0. The van der Waals surface area contributed by atoms with Crippen molar-refractivity contribution in [2.75, 3.05) is 17.2 Å². The zero-order chi connectivity index (χ0) is 23.0. The topological polar surface area (TPSA) is 96.5 Å². The number of amides is 3. The van der Waals surface area contributed by atoms with E-state index in [1.807, 2.05) is 36.4 Å². The van der Waals surface area contributed by atoms with E-state index in [2.05, 4.69) is 16.0 Å². The Balaban J connectivity index is 1.25. The van der Waals surface area contributed by atoms with Crippen molar-refractivity contribution in [2.24, 2.45) is 5.92 Å². The van der Waals surface area contributed by atoms with Crippen molar-refractivity contribution < 1.29 is 19.1 Å². The molecule has 0 heterocycles. The molecule has 0 unspecified atom stereocenters. The number of ether oxygens (including phenoxy) is 1. The van der Waals surface area contributed by atoms with E-state index in [0.717, 1.165) is 24.1 Å². The highest BCUT2D eigenvalue weighted by Crippen LogP contribution is 2.30. The van der Waals surface area contributed by atoms with E-state index in [1.54, 1.807) is 42.5 Å². The molecule has 3 aromatic carbocycles. The van der Waals surface area contributed by atoms with E-state index in [1.165, 1.54) is 0 Å². The van der Waals surface area contributed by atoms with Gasteiger partial charge >= 0.3 is 0 Å². The minimum atomic E-state index is -0.290. The molecule has 33 heavy (non-hydrogen) atoms. The lowest BCUT2D eigenvalue weighted by atomic mass is 10.1. The van der Waals surface area contributed by atoms with Gasteiger partial charge in [0, 0.05) is 35.5 Å². The maximum Gasteiger partial charge on any atom is 0.258 e. The van der Waals surface area contributed by atoms with Gasteiger partial charge < -0.3 is 20.7 Å². The minimum absolute atomic E-state index is 0.0181. The molecule has 0 atom stereocenters. The van der Waals surface area contributed by atoms with Crippen LogP contribution in [0.3, 0.4) is 0 Å². The first-order valence-electron chi connectivity index (χ1n) is 10.8. The van der Waals surface area contributed by atoms with Gasteiger partial charge in [0.2, 0.25) is 5.91 Å². The number of para-hydroxylation sites is 1. The lowest BCUT2D eigenvalue weighted by Gasteiger charge is -2.10. The molecule has 0 aromatic heterocycles. The molecule has 3 N–H and O–H groups in total. The Bertz CT molecular complexity index is 1140. The molecule has 7 nitrogen and oxygen atoms in total. The second kappa shape index (κ2) is 10.5. The Morgan fingerprint density at radius 3 is 2.36 bits per heavy atom. The first kappa shape index (κ1) is 22.1. The maximum atomic E-state index is 12.5. The Labute approximate surface area is 192 Å². The quantitative estimate of drug-likeness (QED) is 0.466. The van der Waals surface area contributed by atoms with Crippen molar-refractivity contribution in [1.82, 2.24) is 5.32 Å². The summed E-state index contributed by atoms with van der Waals surface area (Å²) >= 11 is 0. The molecular formula is C26H25N3O4. The van der Waals surface area contributed by atoms with Crippen LogP contribution in [-0.4, -0.2) is 24.3 Å². The molecule has 1 aliphatic rings. The second-order valence-corrected chi connectivity index (χ2v) is 7.88. The fraction of sp³-hybridized carbons (Fsp3) is 0.192. The van der Waals surface area contributed by atoms with Gasteiger partial charge in [0.25, 0.3) is 11.8 Å². The third kappa shape index (κ3) is 6.67. The third-order valence-electron chi connectivity index (χ3n) is 5.13. The van der Waals surface area contributed by atoms with Crippen LogP contribution in [-0.2, 0) is 16.1 Å². The van der Waals surface area contributed by atoms with Crippen LogP contribution in [0, 0.1) is 5.92 Å². The number of carbonyl (C=O) groups excluding carboxylic acids is 3. The highest BCUT2D eigenvalue weighted by atomic mass is 16.5. The molecule has 0 radical (unpaired) electrons. The molecule has 0 saturated heterocycles. The number of hydrogen-bond donors (Lipinski definition) is 3. The number of benzene rings is 3. The van der Waals surface area contributed by atoms with Gasteiger partial charge in [-0.1, -0.05) is 36.4 Å². The average molecular weight is 444 g/mol. The van der Waals surface area contributed by atoms with Crippen molar-refractivity contribution in [2.45, 2.75) is 19.4 Å². The van der Waals surface area contributed by atoms with Crippen LogP contribution in [0.1, 0.15) is 28.8 Å². The lowest BCUT2D eigenvalue weighted by Crippen LogP contribution is -2.28. The number of rotatable bonds is 9. The Kier molecular flexibility index (Phi) is 6.99. The molecule has 168 valence electrons. The SMILES string of the molecule is O=C(COc1cccc(NC(=O)C2CC2)c1)NCc1cccc(C(=O)Nc2ccccc2)c1. The number of carbonyl (C=O) groups is 3. The van der Waals surface area contributed by atoms with Crippen LogP contribution >= 0.6 is 0 Å². The zero-order valence-electron chi connectivity index (χ0n) is 18.0. The monoisotopic (exact) mass is 443 g/mol. The molecular weight excluding hydrogens is 418 g/mol. The van der Waals surface area contributed by atoms with E-state index < -0.39 is 0 Å². The summed E-state index contributed by atoms with van der Waals surface area (Å²) in [5, 5.41) is 8.49. The molecule has 0 bridgehead atoms. The smallest absolute Gasteiger partial charge is 0.258 e. The van der Waals surface area contributed by atoms with Gasteiger partial charge in [0.15, 0.2) is 6.61 Å². The molecule has 3 aromatic rings. The molecule has 7 heteroatoms. The number of nitrogens with one attached hydrogen (secondary N) is 3. The van der Waals surface area contributed by atoms with E-state index >= 15 is 0 Å². The van der Waals surface area contributed by atoms with Crippen molar-refractivity contribution in [1.29, 1.82) is 0 Å². The average Bonchev–Trinajstić information content (AvgIpc) is 3.68. The van der Waals surface area contributed by atoms with Crippen molar-refractivity contribution >= 4 is 29.1 Å². The van der Waals surface area contributed by atoms with Gasteiger partial charge in [-0.2, -0.15) is 0 Å². The predicted molar refractivity (Wildman–Crippen MR) is 126 cm³/mol. The molecule has 1 saturated carbocycles. The molecule has 1 fully saturated rings. The Hall–Kier alpha value is -4.13. The normalized spacial score (nSPS) is 12.5. The largest absolute Gasteiger partial charge is 0.484 e. The second-order valence-electron chi connectivity index (χ2n) is 7.88. The summed E-state index contributed by atoms with van der Waals surface area (Å²) in [6, 6.07) is 23.3. The molecule has 4 rings (SSSR count). The first-order valence-corrected chi connectivity index (χ1v) is 10.8. The fourth-order valence-electron chi connectivity index (χ4n) is 3.20. The van der Waals surface area contributed by atoms with Gasteiger partial charge in [-0.3, -0.25) is 14.4 Å². The molecule has 0 spiro atoms. The van der Waals surface area contributed by atoms with Crippen molar-refractivity contribution in [3.8, 4) is 5.75 Å². The number of hydrogen-bond acceptors (Lipinski definition) is 4. The molecule has 3 amide bonds. The van der Waals surface area contributed by atoms with Crippen LogP contribution in [0.25, 0.3) is 0 Å². The Morgan fingerprint density at radius 2 is 1.58 bits per heavy atom. The van der Waals surface area contributed by atoms with E-state index in [9.17, 15) is 14.4 Å². The highest BCUT2D eigenvalue weighted by Gasteiger charge is 2.29. The third-order valence-corrected chi connectivity index (χ3v) is 5.13. The van der Waals surface area contributed by atoms with Crippen LogP contribution in [0.4, 0.5) is 11.4 Å². The van der Waals surface area contributed by atoms with Crippen LogP contribution in [0.2, 0.25) is 0 Å². The minimum Gasteiger partial charge on any atom is -0.484 e. The molecule has 1 aliphatic carbocycles. The van der Waals surface area contributed by atoms with Crippen LogP contribution in [0.15, 0.2) is 78.9 Å². The Morgan fingerprint density at radius 1 is 0.818 bits per heavy atom. The van der Waals surface area contributed by atoms with Crippen LogP contribution < -0.4 is 20.7 Å². The fourth-order valence-corrected chi connectivity index (χ4v) is 3.20. The first-order chi connectivity index (χ1) is 16.1. The van der Waals surface area contributed by atoms with Gasteiger partial charge in [0.05, 0.1) is 0 Å². The lowest BCUT2D eigenvalue weighted by molar-refractivity contribution is -0.123. The van der Waals surface area contributed by atoms with Gasteiger partial charge in [0.1, 0.15) is 5.75 Å². The van der Waals surface area contributed by atoms with Crippen molar-refractivity contribution in [3.05, 3.63) is 90.0 Å². The summed E-state index contributed by atoms with van der Waals surface area (Å²) in [6.45, 7) is 0.111. The van der Waals surface area contributed by atoms with E-state index in [-0.39, 0.29) is 36.8 Å². The summed E-state index contributed by atoms with van der Waals surface area (Å²) < 4.78 is 5.56. The predicted octanol–water partition coefficient (Wildman–Crippen LogP) is 3.98. The number of anilines is 2. The summed E-state index contributed by atoms with van der Waals surface area (Å²) in [5.74, 6) is 0.124. The van der Waals surface area contributed by atoms with Crippen molar-refractivity contribution in [3.63, 3.8) is 0 Å². The summed E-state index contributed by atoms with van der Waals surface area (Å²) in [4.78, 5) is 36.6. The standard InChI is InChI=1S/C26H25N3O4/c30-24(17-33-23-11-5-10-22(15-23)29-25(31)19-12-13-19)27-16-18-6-4-7-20(14-18)26(32)28-21-8-2-1-3-9-21/h1-11,14-15,19H,12-13,16-17H2,(H,27,30)(H,28,32)(H,29,31). The van der Waals surface area contributed by atoms with Gasteiger partial charge in [-0.15, -0.1) is 0 Å². The van der Waals surface area contributed by atoms with Crippen LogP contribution in [0.5, 0.6) is 5.75 Å². The summed E-state index contributed by atoms with van der Waals surface area (Å²) in [6.07, 6.45) is 1.87. The van der Waals surface area contributed by atoms with Gasteiger partial charge in [-0.25, -0.2) is 0 Å². The van der Waals surface area contributed by atoms with Gasteiger partial charge in [-0.05, 0) is 54.8 Å². The van der Waals surface area contributed by atoms with E-state index in [0.29, 0.717) is 17.0 Å². The highest BCUT2D eigenvalue weighted by molar-refractivity contribution is 6.04. The molecule has 0 aliphatic heterocycles. The zero-order valence-corrected chi connectivity index (χ0v) is 18.0. The summed E-state index contributed by atoms with van der Waals surface area (Å²) in [5.41, 5.74) is 2.67. The maximum absolute atomic E-state index is 12.5.